The van der Waals surface area contributed by atoms with Crippen molar-refractivity contribution >= 4 is 38.7 Å². The Labute approximate surface area is 135 Å². The maximum absolute atomic E-state index is 12.4. The Kier molecular flexibility index (Phi) is 5.33. The van der Waals surface area contributed by atoms with Gasteiger partial charge in [0.2, 0.25) is 0 Å². The molecule has 1 aromatic heterocycles. The van der Waals surface area contributed by atoms with Gasteiger partial charge in [-0.2, -0.15) is 0 Å². The number of hydrogen-bond acceptors (Lipinski definition) is 4. The molecule has 0 saturated carbocycles. The van der Waals surface area contributed by atoms with Crippen LogP contribution in [0.4, 0.5) is 0 Å². The summed E-state index contributed by atoms with van der Waals surface area (Å²) in [5.41, 5.74) is 0. The van der Waals surface area contributed by atoms with Crippen LogP contribution in [0.25, 0.3) is 0 Å². The lowest BCUT2D eigenvalue weighted by Gasteiger charge is -2.32. The SMILES string of the molecule is CC(C)CS(=O)(=O)C1CCCN(C(=O)c2ccc(Cl)s2)C1. The molecule has 0 spiro atoms. The number of halogens is 1. The van der Waals surface area contributed by atoms with Crippen LogP contribution >= 0.6 is 22.9 Å². The fourth-order valence-electron chi connectivity index (χ4n) is 2.60. The molecule has 1 amide bonds. The van der Waals surface area contributed by atoms with Crippen LogP contribution in [0.2, 0.25) is 4.34 Å². The molecule has 1 unspecified atom stereocenters. The fourth-order valence-corrected chi connectivity index (χ4v) is 5.75. The lowest BCUT2D eigenvalue weighted by Crippen LogP contribution is -2.46. The number of nitrogens with zero attached hydrogens (tertiary/aromatic N) is 1. The van der Waals surface area contributed by atoms with E-state index in [0.717, 1.165) is 6.42 Å². The van der Waals surface area contributed by atoms with Crippen LogP contribution in [0.15, 0.2) is 12.1 Å². The molecular weight excluding hydrogens is 330 g/mol. The van der Waals surface area contributed by atoms with Crippen LogP contribution in [-0.4, -0.2) is 43.3 Å². The maximum Gasteiger partial charge on any atom is 0.264 e. The van der Waals surface area contributed by atoms with E-state index in [1.165, 1.54) is 11.3 Å². The molecule has 4 nitrogen and oxygen atoms in total. The van der Waals surface area contributed by atoms with E-state index in [1.807, 2.05) is 13.8 Å². The van der Waals surface area contributed by atoms with Gasteiger partial charge in [-0.1, -0.05) is 25.4 Å². The van der Waals surface area contributed by atoms with Gasteiger partial charge >= 0.3 is 0 Å². The van der Waals surface area contributed by atoms with Crippen LogP contribution < -0.4 is 0 Å². The van der Waals surface area contributed by atoms with Crippen molar-refractivity contribution in [1.29, 1.82) is 0 Å². The van der Waals surface area contributed by atoms with E-state index in [1.54, 1.807) is 17.0 Å². The van der Waals surface area contributed by atoms with Gasteiger partial charge in [-0.05, 0) is 30.9 Å². The number of rotatable bonds is 4. The smallest absolute Gasteiger partial charge is 0.264 e. The summed E-state index contributed by atoms with van der Waals surface area (Å²) in [4.78, 5) is 14.6. The Morgan fingerprint density at radius 2 is 2.19 bits per heavy atom. The van der Waals surface area contributed by atoms with Gasteiger partial charge in [-0.25, -0.2) is 8.42 Å². The summed E-state index contributed by atoms with van der Waals surface area (Å²) in [6, 6.07) is 3.39. The van der Waals surface area contributed by atoms with Crippen LogP contribution in [0, 0.1) is 5.92 Å². The van der Waals surface area contributed by atoms with Crippen LogP contribution in [-0.2, 0) is 9.84 Å². The van der Waals surface area contributed by atoms with Gasteiger partial charge in [-0.3, -0.25) is 4.79 Å². The lowest BCUT2D eigenvalue weighted by molar-refractivity contribution is 0.0732. The summed E-state index contributed by atoms with van der Waals surface area (Å²) in [6.07, 6.45) is 1.37. The van der Waals surface area contributed by atoms with Gasteiger partial charge in [-0.15, -0.1) is 11.3 Å². The molecule has 1 saturated heterocycles. The van der Waals surface area contributed by atoms with Crippen LogP contribution in [0.5, 0.6) is 0 Å². The number of thiophene rings is 1. The maximum atomic E-state index is 12.4. The first-order valence-electron chi connectivity index (χ1n) is 7.06. The van der Waals surface area contributed by atoms with Gasteiger partial charge in [0, 0.05) is 13.1 Å². The molecule has 1 aromatic rings. The molecule has 0 bridgehead atoms. The molecule has 0 radical (unpaired) electrons. The Hall–Kier alpha value is -0.590. The van der Waals surface area contributed by atoms with Gasteiger partial charge in [0.1, 0.15) is 0 Å². The summed E-state index contributed by atoms with van der Waals surface area (Å²) in [5, 5.41) is -0.437. The van der Waals surface area contributed by atoms with Crippen LogP contribution in [0.3, 0.4) is 0 Å². The van der Waals surface area contributed by atoms with Crippen molar-refractivity contribution in [3.05, 3.63) is 21.3 Å². The largest absolute Gasteiger partial charge is 0.337 e. The predicted molar refractivity (Wildman–Crippen MR) is 86.9 cm³/mol. The summed E-state index contributed by atoms with van der Waals surface area (Å²) in [6.45, 7) is 4.71. The van der Waals surface area contributed by atoms with Crippen molar-refractivity contribution < 1.29 is 13.2 Å². The zero-order valence-corrected chi connectivity index (χ0v) is 14.6. The standard InChI is InChI=1S/C14H20ClNO3S2/c1-10(2)9-21(18,19)11-4-3-7-16(8-11)14(17)12-5-6-13(15)20-12/h5-6,10-11H,3-4,7-9H2,1-2H3. The van der Waals surface area contributed by atoms with Gasteiger partial charge in [0.15, 0.2) is 9.84 Å². The van der Waals surface area contributed by atoms with E-state index in [9.17, 15) is 13.2 Å². The van der Waals surface area contributed by atoms with Crippen molar-refractivity contribution in [1.82, 2.24) is 4.90 Å². The Bertz CT molecular complexity index is 609. The van der Waals surface area contributed by atoms with E-state index < -0.39 is 15.1 Å². The number of hydrogen-bond donors (Lipinski definition) is 0. The molecule has 0 N–H and O–H groups in total. The summed E-state index contributed by atoms with van der Waals surface area (Å²) in [5.74, 6) is 0.179. The molecule has 2 rings (SSSR count). The molecule has 1 fully saturated rings. The van der Waals surface area contributed by atoms with Crippen molar-refractivity contribution in [3.63, 3.8) is 0 Å². The average molecular weight is 350 g/mol. The molecule has 1 atom stereocenters. The third-order valence-corrected chi connectivity index (χ3v) is 7.27. The highest BCUT2D eigenvalue weighted by Gasteiger charge is 2.33. The van der Waals surface area contributed by atoms with Gasteiger partial charge in [0.25, 0.3) is 5.91 Å². The number of amides is 1. The molecule has 21 heavy (non-hydrogen) atoms. The predicted octanol–water partition coefficient (Wildman–Crippen LogP) is 3.08. The monoisotopic (exact) mass is 349 g/mol. The quantitative estimate of drug-likeness (QED) is 0.839. The van der Waals surface area contributed by atoms with Crippen molar-refractivity contribution in [2.45, 2.75) is 31.9 Å². The molecular formula is C14H20ClNO3S2. The van der Waals surface area contributed by atoms with E-state index in [0.29, 0.717) is 28.7 Å². The normalized spacial score (nSPS) is 20.0. The molecule has 0 aliphatic carbocycles. The van der Waals surface area contributed by atoms with E-state index >= 15 is 0 Å². The summed E-state index contributed by atoms with van der Waals surface area (Å²) in [7, 11) is -3.14. The second-order valence-electron chi connectivity index (χ2n) is 5.84. The Morgan fingerprint density at radius 3 is 2.76 bits per heavy atom. The van der Waals surface area contributed by atoms with E-state index in [4.69, 9.17) is 11.6 Å². The molecule has 7 heteroatoms. The zero-order valence-electron chi connectivity index (χ0n) is 12.2. The van der Waals surface area contributed by atoms with Crippen molar-refractivity contribution in [3.8, 4) is 0 Å². The van der Waals surface area contributed by atoms with Gasteiger partial charge < -0.3 is 4.90 Å². The zero-order chi connectivity index (χ0) is 15.6. The number of carbonyl (C=O) groups is 1. The minimum Gasteiger partial charge on any atom is -0.337 e. The fraction of sp³-hybridized carbons (Fsp3) is 0.643. The van der Waals surface area contributed by atoms with E-state index in [-0.39, 0.29) is 17.6 Å². The molecule has 1 aliphatic heterocycles. The first kappa shape index (κ1) is 16.8. The number of piperidine rings is 1. The van der Waals surface area contributed by atoms with Crippen molar-refractivity contribution in [2.24, 2.45) is 5.92 Å². The average Bonchev–Trinajstić information content (AvgIpc) is 2.83. The van der Waals surface area contributed by atoms with E-state index in [2.05, 4.69) is 0 Å². The van der Waals surface area contributed by atoms with Crippen LogP contribution in [0.1, 0.15) is 36.4 Å². The highest BCUT2D eigenvalue weighted by atomic mass is 35.5. The first-order valence-corrected chi connectivity index (χ1v) is 9.97. The Morgan fingerprint density at radius 1 is 1.48 bits per heavy atom. The topological polar surface area (TPSA) is 54.5 Å². The van der Waals surface area contributed by atoms with Gasteiger partial charge in [0.05, 0.1) is 20.2 Å². The first-order chi connectivity index (χ1) is 9.79. The van der Waals surface area contributed by atoms with Crippen molar-refractivity contribution in [2.75, 3.05) is 18.8 Å². The highest BCUT2D eigenvalue weighted by molar-refractivity contribution is 7.92. The minimum absolute atomic E-state index is 0.109. The summed E-state index contributed by atoms with van der Waals surface area (Å²) < 4.78 is 25.3. The summed E-state index contributed by atoms with van der Waals surface area (Å²) >= 11 is 7.09. The molecule has 2 heterocycles. The number of carbonyl (C=O) groups excluding carboxylic acids is 1. The Balaban J connectivity index is 2.09. The number of likely N-dealkylation sites (tertiary alicyclic amines) is 1. The molecule has 118 valence electrons. The third-order valence-electron chi connectivity index (χ3n) is 3.52. The second-order valence-corrected chi connectivity index (χ2v) is 9.88. The third kappa shape index (κ3) is 4.20. The molecule has 0 aromatic carbocycles. The highest BCUT2D eigenvalue weighted by Crippen LogP contribution is 2.25. The number of sulfone groups is 1. The molecule has 1 aliphatic rings. The lowest BCUT2D eigenvalue weighted by atomic mass is 10.1. The second kappa shape index (κ2) is 6.67. The minimum atomic E-state index is -3.14.